The summed E-state index contributed by atoms with van der Waals surface area (Å²) in [5.74, 6) is -1.34. The third-order valence-corrected chi connectivity index (χ3v) is 4.30. The van der Waals surface area contributed by atoms with Gasteiger partial charge in [0.2, 0.25) is 0 Å². The van der Waals surface area contributed by atoms with Gasteiger partial charge in [0.15, 0.2) is 11.2 Å². The fourth-order valence-corrected chi connectivity index (χ4v) is 3.27. The maximum absolute atomic E-state index is 14.0. The number of benzene rings is 2. The Labute approximate surface area is 153 Å². The van der Waals surface area contributed by atoms with Crippen molar-refractivity contribution in [3.63, 3.8) is 0 Å². The highest BCUT2D eigenvalue weighted by Crippen LogP contribution is 2.21. The van der Waals surface area contributed by atoms with Crippen molar-refractivity contribution in [3.8, 4) is 11.4 Å². The second-order valence-corrected chi connectivity index (χ2v) is 6.58. The van der Waals surface area contributed by atoms with Crippen LogP contribution in [0.15, 0.2) is 47.5 Å². The summed E-state index contributed by atoms with van der Waals surface area (Å²) in [4.78, 5) is 23.5. The summed E-state index contributed by atoms with van der Waals surface area (Å²) in [5, 5.41) is 0. The van der Waals surface area contributed by atoms with Gasteiger partial charge in [-0.1, -0.05) is 29.3 Å². The second kappa shape index (κ2) is 6.42. The van der Waals surface area contributed by atoms with Gasteiger partial charge in [0, 0.05) is 6.54 Å². The van der Waals surface area contributed by atoms with Gasteiger partial charge < -0.3 is 9.55 Å². The predicted molar refractivity (Wildman–Crippen MR) is 98.5 cm³/mol. The van der Waals surface area contributed by atoms with Crippen LogP contribution in [-0.2, 0) is 6.54 Å². The van der Waals surface area contributed by atoms with E-state index in [0.717, 1.165) is 34.9 Å². The minimum atomic E-state index is -0.673. The zero-order valence-corrected chi connectivity index (χ0v) is 14.8. The molecular formula is C20H16F2N4O. The Morgan fingerprint density at radius 3 is 2.56 bits per heavy atom. The molecule has 27 heavy (non-hydrogen) atoms. The Kier molecular flexibility index (Phi) is 4.07. The third kappa shape index (κ3) is 3.23. The van der Waals surface area contributed by atoms with E-state index in [9.17, 15) is 13.6 Å². The van der Waals surface area contributed by atoms with E-state index in [2.05, 4.69) is 21.0 Å². The number of aromatic nitrogens is 4. The second-order valence-electron chi connectivity index (χ2n) is 6.58. The maximum Gasteiger partial charge on any atom is 0.277 e. The van der Waals surface area contributed by atoms with Gasteiger partial charge in [0.1, 0.15) is 17.5 Å². The highest BCUT2D eigenvalue weighted by atomic mass is 19.1. The van der Waals surface area contributed by atoms with E-state index >= 15 is 0 Å². The maximum atomic E-state index is 14.0. The first-order valence-electron chi connectivity index (χ1n) is 8.38. The number of aryl methyl sites for hydroxylation is 2. The van der Waals surface area contributed by atoms with Crippen molar-refractivity contribution in [1.82, 2.24) is 19.5 Å². The van der Waals surface area contributed by atoms with E-state index in [1.165, 1.54) is 6.33 Å². The van der Waals surface area contributed by atoms with Crippen molar-refractivity contribution >= 4 is 11.2 Å². The Morgan fingerprint density at radius 2 is 1.81 bits per heavy atom. The van der Waals surface area contributed by atoms with E-state index in [1.807, 2.05) is 26.0 Å². The molecule has 2 heterocycles. The number of aromatic amines is 1. The van der Waals surface area contributed by atoms with Crippen molar-refractivity contribution in [2.24, 2.45) is 0 Å². The van der Waals surface area contributed by atoms with Crippen LogP contribution in [0, 0.1) is 25.5 Å². The standard InChI is InChI=1S/C20H16F2N4O/c1-11-5-12(2)7-13(6-11)9-26-10-23-19-17(26)20(27)25-18(24-19)15-8-14(21)3-4-16(15)22/h3-8,10H,9H2,1-2H3,(H,24,25,27). The molecule has 0 atom stereocenters. The summed E-state index contributed by atoms with van der Waals surface area (Å²) in [7, 11) is 0. The summed E-state index contributed by atoms with van der Waals surface area (Å²) < 4.78 is 29.1. The van der Waals surface area contributed by atoms with Crippen LogP contribution in [0.4, 0.5) is 8.78 Å². The lowest BCUT2D eigenvalue weighted by Gasteiger charge is -2.07. The van der Waals surface area contributed by atoms with Crippen LogP contribution in [0.5, 0.6) is 0 Å². The average Bonchev–Trinajstić information content (AvgIpc) is 2.99. The van der Waals surface area contributed by atoms with E-state index < -0.39 is 17.2 Å². The molecule has 0 unspecified atom stereocenters. The van der Waals surface area contributed by atoms with Gasteiger partial charge in [-0.2, -0.15) is 0 Å². The summed E-state index contributed by atoms with van der Waals surface area (Å²) in [6, 6.07) is 9.14. The summed E-state index contributed by atoms with van der Waals surface area (Å²) in [6.45, 7) is 4.48. The smallest absolute Gasteiger partial charge is 0.277 e. The molecule has 5 nitrogen and oxygen atoms in total. The molecule has 4 aromatic rings. The van der Waals surface area contributed by atoms with Crippen LogP contribution in [0.25, 0.3) is 22.6 Å². The molecular weight excluding hydrogens is 350 g/mol. The fraction of sp³-hybridized carbons (Fsp3) is 0.150. The zero-order valence-electron chi connectivity index (χ0n) is 14.8. The first-order chi connectivity index (χ1) is 12.9. The highest BCUT2D eigenvalue weighted by molar-refractivity contribution is 5.73. The quantitative estimate of drug-likeness (QED) is 0.601. The number of nitrogens with zero attached hydrogens (tertiary/aromatic N) is 3. The highest BCUT2D eigenvalue weighted by Gasteiger charge is 2.15. The fourth-order valence-electron chi connectivity index (χ4n) is 3.27. The molecule has 0 spiro atoms. The molecule has 0 fully saturated rings. The zero-order chi connectivity index (χ0) is 19.1. The molecule has 0 bridgehead atoms. The topological polar surface area (TPSA) is 63.6 Å². The summed E-state index contributed by atoms with van der Waals surface area (Å²) in [5.41, 5.74) is 3.19. The van der Waals surface area contributed by atoms with Gasteiger partial charge in [-0.05, 0) is 37.6 Å². The predicted octanol–water partition coefficient (Wildman–Crippen LogP) is 3.73. The van der Waals surface area contributed by atoms with Crippen molar-refractivity contribution < 1.29 is 8.78 Å². The van der Waals surface area contributed by atoms with Crippen LogP contribution >= 0.6 is 0 Å². The molecule has 2 aromatic heterocycles. The van der Waals surface area contributed by atoms with Gasteiger partial charge in [0.05, 0.1) is 11.9 Å². The van der Waals surface area contributed by atoms with E-state index in [0.29, 0.717) is 6.54 Å². The first-order valence-corrected chi connectivity index (χ1v) is 8.38. The molecule has 0 aliphatic carbocycles. The Balaban J connectivity index is 1.80. The minimum absolute atomic E-state index is 0.0545. The molecule has 0 amide bonds. The van der Waals surface area contributed by atoms with Crippen LogP contribution < -0.4 is 5.56 Å². The number of hydrogen-bond acceptors (Lipinski definition) is 3. The number of hydrogen-bond donors (Lipinski definition) is 1. The van der Waals surface area contributed by atoms with E-state index in [1.54, 1.807) is 4.57 Å². The molecule has 7 heteroatoms. The molecule has 2 aromatic carbocycles. The molecule has 0 saturated heterocycles. The van der Waals surface area contributed by atoms with Crippen LogP contribution in [0.2, 0.25) is 0 Å². The monoisotopic (exact) mass is 366 g/mol. The van der Waals surface area contributed by atoms with Crippen molar-refractivity contribution in [2.75, 3.05) is 0 Å². The largest absolute Gasteiger partial charge is 0.320 e. The SMILES string of the molecule is Cc1cc(C)cc(Cn2cnc3nc(-c4cc(F)ccc4F)[nH]c(=O)c32)c1. The normalized spacial score (nSPS) is 11.3. The summed E-state index contributed by atoms with van der Waals surface area (Å²) in [6.07, 6.45) is 1.52. The third-order valence-electron chi connectivity index (χ3n) is 4.30. The Bertz CT molecular complexity index is 1210. The van der Waals surface area contributed by atoms with Gasteiger partial charge in [-0.3, -0.25) is 4.79 Å². The number of H-pyrrole nitrogens is 1. The van der Waals surface area contributed by atoms with E-state index in [-0.39, 0.29) is 22.6 Å². The Morgan fingerprint density at radius 1 is 1.07 bits per heavy atom. The number of rotatable bonds is 3. The first kappa shape index (κ1) is 17.1. The lowest BCUT2D eigenvalue weighted by atomic mass is 10.1. The van der Waals surface area contributed by atoms with Crippen LogP contribution in [0.3, 0.4) is 0 Å². The number of nitrogens with one attached hydrogen (secondary N) is 1. The van der Waals surface area contributed by atoms with Crippen molar-refractivity contribution in [1.29, 1.82) is 0 Å². The van der Waals surface area contributed by atoms with Gasteiger partial charge in [-0.25, -0.2) is 18.7 Å². The van der Waals surface area contributed by atoms with E-state index in [4.69, 9.17) is 0 Å². The Hall–Kier alpha value is -3.35. The average molecular weight is 366 g/mol. The molecule has 136 valence electrons. The van der Waals surface area contributed by atoms with Gasteiger partial charge in [0.25, 0.3) is 5.56 Å². The van der Waals surface area contributed by atoms with Gasteiger partial charge >= 0.3 is 0 Å². The number of imidazole rings is 1. The molecule has 4 rings (SSSR count). The molecule has 0 aliphatic rings. The van der Waals surface area contributed by atoms with Crippen LogP contribution in [0.1, 0.15) is 16.7 Å². The lowest BCUT2D eigenvalue weighted by Crippen LogP contribution is -2.14. The van der Waals surface area contributed by atoms with Crippen molar-refractivity contribution in [3.05, 3.63) is 81.4 Å². The van der Waals surface area contributed by atoms with Crippen molar-refractivity contribution in [2.45, 2.75) is 20.4 Å². The summed E-state index contributed by atoms with van der Waals surface area (Å²) >= 11 is 0. The minimum Gasteiger partial charge on any atom is -0.320 e. The molecule has 0 radical (unpaired) electrons. The van der Waals surface area contributed by atoms with Gasteiger partial charge in [-0.15, -0.1) is 0 Å². The molecule has 0 aliphatic heterocycles. The molecule has 1 N–H and O–H groups in total. The number of fused-ring (bicyclic) bond motifs is 1. The lowest BCUT2D eigenvalue weighted by molar-refractivity contribution is 0.602. The van der Waals surface area contributed by atoms with Crippen LogP contribution in [-0.4, -0.2) is 19.5 Å². The molecule has 0 saturated carbocycles. The number of halogens is 2.